The first-order valence-corrected chi connectivity index (χ1v) is 7.88. The molecule has 0 saturated carbocycles. The topological polar surface area (TPSA) is 51.2 Å². The fourth-order valence-electron chi connectivity index (χ4n) is 2.77. The van der Waals surface area contributed by atoms with Crippen LogP contribution in [-0.2, 0) is 4.79 Å². The Morgan fingerprint density at radius 1 is 1.08 bits per heavy atom. The molecule has 2 aromatic carbocycles. The SMILES string of the molecule is Cc1cc(C)cc(OCC(=O)Nc2ccc(C)c3ncccc23)c1. The van der Waals surface area contributed by atoms with Crippen molar-refractivity contribution in [3.05, 3.63) is 65.4 Å². The van der Waals surface area contributed by atoms with Crippen molar-refractivity contribution in [1.29, 1.82) is 0 Å². The number of nitrogens with one attached hydrogen (secondary N) is 1. The molecule has 122 valence electrons. The van der Waals surface area contributed by atoms with Crippen LogP contribution >= 0.6 is 0 Å². The lowest BCUT2D eigenvalue weighted by Gasteiger charge is -2.11. The third-order valence-electron chi connectivity index (χ3n) is 3.81. The quantitative estimate of drug-likeness (QED) is 0.784. The Balaban J connectivity index is 1.72. The van der Waals surface area contributed by atoms with Crippen molar-refractivity contribution >= 4 is 22.5 Å². The summed E-state index contributed by atoms with van der Waals surface area (Å²) < 4.78 is 5.61. The van der Waals surface area contributed by atoms with Crippen molar-refractivity contribution in [1.82, 2.24) is 4.98 Å². The second-order valence-electron chi connectivity index (χ2n) is 5.99. The van der Waals surface area contributed by atoms with Crippen molar-refractivity contribution in [2.75, 3.05) is 11.9 Å². The first-order chi connectivity index (χ1) is 11.5. The zero-order valence-corrected chi connectivity index (χ0v) is 14.1. The van der Waals surface area contributed by atoms with E-state index in [0.29, 0.717) is 5.75 Å². The third-order valence-corrected chi connectivity index (χ3v) is 3.81. The van der Waals surface area contributed by atoms with Crippen molar-refractivity contribution in [3.8, 4) is 5.75 Å². The average molecular weight is 320 g/mol. The molecular formula is C20H20N2O2. The minimum atomic E-state index is -0.192. The molecule has 0 aliphatic heterocycles. The first kappa shape index (κ1) is 16.0. The van der Waals surface area contributed by atoms with Gasteiger partial charge in [0.05, 0.1) is 11.2 Å². The maximum absolute atomic E-state index is 12.2. The number of hydrogen-bond acceptors (Lipinski definition) is 3. The number of aromatic nitrogens is 1. The van der Waals surface area contributed by atoms with Gasteiger partial charge in [0.2, 0.25) is 0 Å². The highest BCUT2D eigenvalue weighted by molar-refractivity contribution is 6.02. The summed E-state index contributed by atoms with van der Waals surface area (Å²) in [6.45, 7) is 5.99. The summed E-state index contributed by atoms with van der Waals surface area (Å²) in [6, 6.07) is 13.6. The van der Waals surface area contributed by atoms with E-state index in [4.69, 9.17) is 4.74 Å². The third kappa shape index (κ3) is 3.54. The Hall–Kier alpha value is -2.88. The van der Waals surface area contributed by atoms with Crippen molar-refractivity contribution < 1.29 is 9.53 Å². The molecule has 1 amide bonds. The number of aryl methyl sites for hydroxylation is 3. The van der Waals surface area contributed by atoms with Gasteiger partial charge in [-0.1, -0.05) is 12.1 Å². The van der Waals surface area contributed by atoms with E-state index in [-0.39, 0.29) is 12.5 Å². The van der Waals surface area contributed by atoms with E-state index in [9.17, 15) is 4.79 Å². The molecule has 0 fully saturated rings. The van der Waals surface area contributed by atoms with Crippen LogP contribution < -0.4 is 10.1 Å². The number of ether oxygens (including phenoxy) is 1. The van der Waals surface area contributed by atoms with Crippen molar-refractivity contribution in [2.24, 2.45) is 0 Å². The monoisotopic (exact) mass is 320 g/mol. The van der Waals surface area contributed by atoms with E-state index in [2.05, 4.69) is 16.4 Å². The van der Waals surface area contributed by atoms with Gasteiger partial charge in [0, 0.05) is 11.6 Å². The summed E-state index contributed by atoms with van der Waals surface area (Å²) in [7, 11) is 0. The van der Waals surface area contributed by atoms with Crippen molar-refractivity contribution in [2.45, 2.75) is 20.8 Å². The van der Waals surface area contributed by atoms with Crippen LogP contribution in [0.5, 0.6) is 5.75 Å². The van der Waals surface area contributed by atoms with Gasteiger partial charge in [-0.2, -0.15) is 0 Å². The van der Waals surface area contributed by atoms with E-state index in [1.165, 1.54) is 0 Å². The Kier molecular flexibility index (Phi) is 4.47. The Morgan fingerprint density at radius 2 is 1.83 bits per heavy atom. The molecule has 0 aliphatic rings. The molecule has 24 heavy (non-hydrogen) atoms. The lowest BCUT2D eigenvalue weighted by Crippen LogP contribution is -2.20. The van der Waals surface area contributed by atoms with Crippen LogP contribution in [0.3, 0.4) is 0 Å². The molecule has 0 bridgehead atoms. The van der Waals surface area contributed by atoms with Crippen LogP contribution in [0.4, 0.5) is 5.69 Å². The van der Waals surface area contributed by atoms with Crippen LogP contribution in [0.15, 0.2) is 48.7 Å². The summed E-state index contributed by atoms with van der Waals surface area (Å²) in [4.78, 5) is 16.6. The van der Waals surface area contributed by atoms with Gasteiger partial charge in [-0.15, -0.1) is 0 Å². The Labute approximate surface area is 141 Å². The smallest absolute Gasteiger partial charge is 0.262 e. The number of benzene rings is 2. The molecule has 3 aromatic rings. The number of anilines is 1. The van der Waals surface area contributed by atoms with Gasteiger partial charge in [0.1, 0.15) is 5.75 Å². The van der Waals surface area contributed by atoms with E-state index in [0.717, 1.165) is 33.3 Å². The number of rotatable bonds is 4. The maximum Gasteiger partial charge on any atom is 0.262 e. The number of pyridine rings is 1. The number of carbonyl (C=O) groups excluding carboxylic acids is 1. The second kappa shape index (κ2) is 6.71. The number of fused-ring (bicyclic) bond motifs is 1. The van der Waals surface area contributed by atoms with Crippen LogP contribution in [0.2, 0.25) is 0 Å². The molecule has 3 rings (SSSR count). The molecule has 0 aliphatic carbocycles. The molecule has 0 unspecified atom stereocenters. The van der Waals surface area contributed by atoms with Gasteiger partial charge in [0.25, 0.3) is 5.91 Å². The summed E-state index contributed by atoms with van der Waals surface area (Å²) in [6.07, 6.45) is 1.75. The molecule has 0 spiro atoms. The molecule has 4 nitrogen and oxygen atoms in total. The standard InChI is InChI=1S/C20H20N2O2/c1-13-9-14(2)11-16(10-13)24-12-19(23)22-18-7-6-15(3)20-17(18)5-4-8-21-20/h4-11H,12H2,1-3H3,(H,22,23). The van der Waals surface area contributed by atoms with Crippen LogP contribution in [0.25, 0.3) is 10.9 Å². The van der Waals surface area contributed by atoms with Gasteiger partial charge < -0.3 is 10.1 Å². The number of nitrogens with zero attached hydrogens (tertiary/aromatic N) is 1. The predicted molar refractivity (Wildman–Crippen MR) is 96.5 cm³/mol. The summed E-state index contributed by atoms with van der Waals surface area (Å²) in [5.74, 6) is 0.515. The molecule has 4 heteroatoms. The largest absolute Gasteiger partial charge is 0.484 e. The van der Waals surface area contributed by atoms with E-state index in [1.807, 2.05) is 57.2 Å². The van der Waals surface area contributed by atoms with Gasteiger partial charge >= 0.3 is 0 Å². The Bertz CT molecular complexity index is 883. The number of carbonyl (C=O) groups is 1. The highest BCUT2D eigenvalue weighted by atomic mass is 16.5. The zero-order valence-electron chi connectivity index (χ0n) is 14.1. The molecule has 0 atom stereocenters. The van der Waals surface area contributed by atoms with Crippen molar-refractivity contribution in [3.63, 3.8) is 0 Å². The summed E-state index contributed by atoms with van der Waals surface area (Å²) >= 11 is 0. The molecule has 1 aromatic heterocycles. The first-order valence-electron chi connectivity index (χ1n) is 7.88. The number of hydrogen-bond donors (Lipinski definition) is 1. The average Bonchev–Trinajstić information content (AvgIpc) is 2.55. The number of amides is 1. The van der Waals surface area contributed by atoms with Gasteiger partial charge in [-0.3, -0.25) is 9.78 Å². The van der Waals surface area contributed by atoms with Crippen LogP contribution in [-0.4, -0.2) is 17.5 Å². The highest BCUT2D eigenvalue weighted by Gasteiger charge is 2.09. The summed E-state index contributed by atoms with van der Waals surface area (Å²) in [5, 5.41) is 3.84. The van der Waals surface area contributed by atoms with E-state index in [1.54, 1.807) is 6.20 Å². The normalized spacial score (nSPS) is 10.6. The van der Waals surface area contributed by atoms with Gasteiger partial charge in [-0.25, -0.2) is 0 Å². The minimum Gasteiger partial charge on any atom is -0.484 e. The zero-order chi connectivity index (χ0) is 17.1. The fraction of sp³-hybridized carbons (Fsp3) is 0.200. The molecule has 1 N–H and O–H groups in total. The lowest BCUT2D eigenvalue weighted by atomic mass is 10.1. The lowest BCUT2D eigenvalue weighted by molar-refractivity contribution is -0.118. The second-order valence-corrected chi connectivity index (χ2v) is 5.99. The van der Waals surface area contributed by atoms with Crippen LogP contribution in [0, 0.1) is 20.8 Å². The fourth-order valence-corrected chi connectivity index (χ4v) is 2.77. The molecule has 1 heterocycles. The van der Waals surface area contributed by atoms with E-state index < -0.39 is 0 Å². The molecular weight excluding hydrogens is 300 g/mol. The highest BCUT2D eigenvalue weighted by Crippen LogP contribution is 2.24. The van der Waals surface area contributed by atoms with Gasteiger partial charge in [-0.05, 0) is 67.8 Å². The maximum atomic E-state index is 12.2. The predicted octanol–water partition coefficient (Wildman–Crippen LogP) is 4.18. The minimum absolute atomic E-state index is 0.0292. The van der Waals surface area contributed by atoms with Crippen LogP contribution in [0.1, 0.15) is 16.7 Å². The Morgan fingerprint density at radius 3 is 2.58 bits per heavy atom. The molecule has 0 radical (unpaired) electrons. The summed E-state index contributed by atoms with van der Waals surface area (Å²) in [5.41, 5.74) is 4.94. The molecule has 0 saturated heterocycles. The van der Waals surface area contributed by atoms with Gasteiger partial charge in [0.15, 0.2) is 6.61 Å². The van der Waals surface area contributed by atoms with E-state index >= 15 is 0 Å².